The van der Waals surface area contributed by atoms with Crippen molar-refractivity contribution in [3.63, 3.8) is 0 Å². The Morgan fingerprint density at radius 2 is 0.957 bits per heavy atom. The molecule has 0 spiro atoms. The minimum absolute atomic E-state index is 0.174. The van der Waals surface area contributed by atoms with E-state index in [9.17, 15) is 0 Å². The minimum Gasteiger partial charge on any atom is -0.374 e. The van der Waals surface area contributed by atoms with Crippen molar-refractivity contribution in [1.82, 2.24) is 24.2 Å². The van der Waals surface area contributed by atoms with Crippen molar-refractivity contribution in [2.24, 2.45) is 0 Å². The molecule has 0 unspecified atom stereocenters. The monoisotopic (exact) mass is 620 g/mol. The highest BCUT2D eigenvalue weighted by Gasteiger charge is 2.26. The van der Waals surface area contributed by atoms with Crippen LogP contribution in [-0.2, 0) is 0 Å². The highest BCUT2D eigenvalue weighted by atomic mass is 15.4. The molecule has 46 heavy (non-hydrogen) atoms. The second kappa shape index (κ2) is 10.6. The van der Waals surface area contributed by atoms with Crippen molar-refractivity contribution in [3.8, 4) is 5.69 Å². The Morgan fingerprint density at radius 1 is 0.522 bits per heavy atom. The van der Waals surface area contributed by atoms with Crippen LogP contribution < -0.4 is 24.5 Å². The molecule has 4 aliphatic rings. The lowest BCUT2D eigenvalue weighted by Crippen LogP contribution is -2.27. The molecule has 0 bridgehead atoms. The number of anilines is 5. The molecule has 0 aliphatic carbocycles. The van der Waals surface area contributed by atoms with E-state index in [-0.39, 0.29) is 13.3 Å². The fourth-order valence-electron chi connectivity index (χ4n) is 6.79. The molecule has 1 aromatic heterocycles. The van der Waals surface area contributed by atoms with Gasteiger partial charge >= 0.3 is 0 Å². The largest absolute Gasteiger partial charge is 0.374 e. The summed E-state index contributed by atoms with van der Waals surface area (Å²) in [5.74, 6) is 0. The topological polar surface area (TPSA) is 34.1 Å². The van der Waals surface area contributed by atoms with Gasteiger partial charge in [0.05, 0.1) is 60.5 Å². The lowest BCUT2D eigenvalue weighted by atomic mass is 10.1. The van der Waals surface area contributed by atoms with Crippen molar-refractivity contribution < 1.29 is 8.22 Å². The van der Waals surface area contributed by atoms with E-state index in [0.717, 1.165) is 62.6 Å². The SMILES string of the molecule is [2H]C([2H])([2H])N1C=CN(c2ccc3c4ccc(N5C=CN(C)C5)cc4n(-c4cc(N5C=CN(C)C5)c(N(C)C)c(N5C=CN(C([2H])([2H])[2H])C5)c4)c3c2)C1. The maximum absolute atomic E-state index is 8.09. The second-order valence-corrected chi connectivity index (χ2v) is 12.6. The first-order valence-electron chi connectivity index (χ1n) is 18.3. The highest BCUT2D eigenvalue weighted by Crippen LogP contribution is 2.45. The van der Waals surface area contributed by atoms with Gasteiger partial charge in [-0.15, -0.1) is 0 Å². The van der Waals surface area contributed by atoms with Gasteiger partial charge in [-0.2, -0.15) is 0 Å². The lowest BCUT2D eigenvalue weighted by Gasteiger charge is -2.31. The Morgan fingerprint density at radius 3 is 1.37 bits per heavy atom. The maximum Gasteiger partial charge on any atom is 0.0939 e. The average Bonchev–Trinajstić information content (AvgIpc) is 3.93. The van der Waals surface area contributed by atoms with E-state index in [1.807, 2.05) is 62.7 Å². The van der Waals surface area contributed by atoms with Crippen LogP contribution >= 0.6 is 0 Å². The zero-order chi connectivity index (χ0) is 36.7. The zero-order valence-corrected chi connectivity index (χ0v) is 26.5. The van der Waals surface area contributed by atoms with E-state index in [4.69, 9.17) is 8.22 Å². The Hall–Kier alpha value is -5.38. The number of benzene rings is 3. The van der Waals surface area contributed by atoms with Gasteiger partial charge in [0, 0.05) is 122 Å². The number of fused-ring (bicyclic) bond motifs is 3. The molecular weight excluding hydrogens is 572 g/mol. The molecule has 0 fully saturated rings. The third kappa shape index (κ3) is 4.63. The molecule has 0 saturated carbocycles. The van der Waals surface area contributed by atoms with Crippen LogP contribution in [0.5, 0.6) is 0 Å². The molecule has 4 aromatic rings. The molecule has 0 atom stereocenters. The number of rotatable bonds is 6. The second-order valence-electron chi connectivity index (χ2n) is 12.6. The van der Waals surface area contributed by atoms with E-state index in [0.29, 0.717) is 6.67 Å². The fraction of sp³-hybridized carbons (Fsp3) is 0.278. The summed E-state index contributed by atoms with van der Waals surface area (Å²) < 4.78 is 50.3. The number of nitrogens with zero attached hydrogens (tertiary/aromatic N) is 10. The minimum atomic E-state index is -2.28. The van der Waals surface area contributed by atoms with Gasteiger partial charge in [0.1, 0.15) is 0 Å². The van der Waals surface area contributed by atoms with Gasteiger partial charge in [0.25, 0.3) is 0 Å². The Kier molecular flexibility index (Phi) is 5.12. The van der Waals surface area contributed by atoms with Crippen LogP contribution in [0.4, 0.5) is 28.4 Å². The van der Waals surface area contributed by atoms with Crippen LogP contribution in [0.15, 0.2) is 98.1 Å². The van der Waals surface area contributed by atoms with Gasteiger partial charge < -0.3 is 48.7 Å². The van der Waals surface area contributed by atoms with Crippen LogP contribution in [0, 0.1) is 0 Å². The Labute approximate surface area is 279 Å². The smallest absolute Gasteiger partial charge is 0.0939 e. The van der Waals surface area contributed by atoms with Crippen LogP contribution in [0.25, 0.3) is 27.5 Å². The van der Waals surface area contributed by atoms with Gasteiger partial charge in [0.15, 0.2) is 0 Å². The molecule has 10 nitrogen and oxygen atoms in total. The van der Waals surface area contributed by atoms with Crippen molar-refractivity contribution in [1.29, 1.82) is 0 Å². The zero-order valence-electron chi connectivity index (χ0n) is 32.5. The summed E-state index contributed by atoms with van der Waals surface area (Å²) in [6.45, 7) is -2.74. The summed E-state index contributed by atoms with van der Waals surface area (Å²) in [5, 5.41) is 2.14. The van der Waals surface area contributed by atoms with Gasteiger partial charge in [-0.3, -0.25) is 0 Å². The maximum atomic E-state index is 8.09. The number of hydrogen-bond donors (Lipinski definition) is 0. The molecule has 8 rings (SSSR count). The number of hydrogen-bond acceptors (Lipinski definition) is 9. The average molecular weight is 621 g/mol. The Balaban J connectivity index is 1.36. The summed E-state index contributed by atoms with van der Waals surface area (Å²) in [6.07, 6.45) is 15.1. The molecule has 0 saturated heterocycles. The van der Waals surface area contributed by atoms with Crippen molar-refractivity contribution in [3.05, 3.63) is 98.1 Å². The predicted molar refractivity (Wildman–Crippen MR) is 192 cm³/mol. The Bertz CT molecular complexity index is 2170. The lowest BCUT2D eigenvalue weighted by molar-refractivity contribution is 0.494. The molecule has 4 aliphatic heterocycles. The standard InChI is InChI=1S/C36H42N10/c1-37(2)36-34(44-17-13-40(5)25-44)21-29(22-35(36)45-18-14-41(6)26-45)46-32-19-27(42-15-11-38(3)23-42)7-9-30(32)31-10-8-28(20-33(31)46)43-16-12-39(4)24-43/h7-22H,23-26H2,1-6H3/i3D3,5D3. The highest BCUT2D eigenvalue weighted by molar-refractivity contribution is 6.11. The van der Waals surface area contributed by atoms with Crippen LogP contribution in [-0.4, -0.2) is 93.0 Å². The van der Waals surface area contributed by atoms with Gasteiger partial charge in [-0.05, 0) is 36.4 Å². The third-order valence-corrected chi connectivity index (χ3v) is 8.99. The van der Waals surface area contributed by atoms with E-state index in [2.05, 4.69) is 90.1 Å². The molecule has 5 heterocycles. The predicted octanol–water partition coefficient (Wildman–Crippen LogP) is 5.57. The van der Waals surface area contributed by atoms with Crippen molar-refractivity contribution in [2.75, 3.05) is 93.3 Å². The van der Waals surface area contributed by atoms with Gasteiger partial charge in [0.2, 0.25) is 0 Å². The van der Waals surface area contributed by atoms with Crippen LogP contribution in [0.1, 0.15) is 8.22 Å². The van der Waals surface area contributed by atoms with E-state index in [1.165, 1.54) is 9.80 Å². The summed E-state index contributed by atoms with van der Waals surface area (Å²) in [7, 11) is 8.11. The first-order valence-corrected chi connectivity index (χ1v) is 15.3. The normalized spacial score (nSPS) is 20.1. The molecule has 236 valence electrons. The molecule has 0 radical (unpaired) electrons. The molecule has 0 N–H and O–H groups in total. The number of aromatic nitrogens is 1. The van der Waals surface area contributed by atoms with Gasteiger partial charge in [-0.25, -0.2) is 0 Å². The van der Waals surface area contributed by atoms with E-state index in [1.54, 1.807) is 12.4 Å². The summed E-state index contributed by atoms with van der Waals surface area (Å²) in [5.41, 5.74) is 7.60. The van der Waals surface area contributed by atoms with E-state index >= 15 is 0 Å². The van der Waals surface area contributed by atoms with Crippen LogP contribution in [0.3, 0.4) is 0 Å². The van der Waals surface area contributed by atoms with Crippen molar-refractivity contribution >= 4 is 50.2 Å². The van der Waals surface area contributed by atoms with Crippen molar-refractivity contribution in [2.45, 2.75) is 0 Å². The third-order valence-electron chi connectivity index (χ3n) is 8.99. The molecule has 10 heteroatoms. The molecular formula is C36H42N10. The van der Waals surface area contributed by atoms with Crippen LogP contribution in [0.2, 0.25) is 0 Å². The quantitative estimate of drug-likeness (QED) is 0.275. The first-order chi connectivity index (χ1) is 24.7. The fourth-order valence-corrected chi connectivity index (χ4v) is 6.79. The molecule has 0 amide bonds. The first kappa shape index (κ1) is 22.2. The van der Waals surface area contributed by atoms with E-state index < -0.39 is 14.0 Å². The summed E-state index contributed by atoms with van der Waals surface area (Å²) in [4.78, 5) is 17.4. The summed E-state index contributed by atoms with van der Waals surface area (Å²) in [6, 6.07) is 17.2. The summed E-state index contributed by atoms with van der Waals surface area (Å²) >= 11 is 0. The molecule has 3 aromatic carbocycles. The van der Waals surface area contributed by atoms with Gasteiger partial charge in [-0.1, -0.05) is 12.1 Å².